The topological polar surface area (TPSA) is 96.6 Å². The van der Waals surface area contributed by atoms with Crippen LogP contribution in [0.25, 0.3) is 0 Å². The highest BCUT2D eigenvalue weighted by Crippen LogP contribution is 2.30. The lowest BCUT2D eigenvalue weighted by Crippen LogP contribution is -2.59. The third-order valence-corrected chi connectivity index (χ3v) is 7.06. The van der Waals surface area contributed by atoms with Crippen molar-refractivity contribution in [2.75, 3.05) is 20.1 Å². The maximum absolute atomic E-state index is 6.48. The molecule has 0 saturated heterocycles. The average Bonchev–Trinajstić information content (AvgIpc) is 2.52. The zero-order chi connectivity index (χ0) is 27.3. The van der Waals surface area contributed by atoms with E-state index in [1.807, 2.05) is 0 Å². The molecule has 3 unspecified atom stereocenters. The van der Waals surface area contributed by atoms with Gasteiger partial charge in [0.05, 0.1) is 0 Å². The molecule has 0 aliphatic carbocycles. The minimum absolute atomic E-state index is 0.00952. The van der Waals surface area contributed by atoms with Gasteiger partial charge in [0.25, 0.3) is 0 Å². The molecule has 0 aliphatic rings. The molecule has 0 saturated carbocycles. The second-order valence-corrected chi connectivity index (χ2v) is 14.7. The molecule has 0 radical (unpaired) electrons. The Morgan fingerprint density at radius 2 is 0.971 bits per heavy atom. The van der Waals surface area contributed by atoms with Crippen LogP contribution in [0.15, 0.2) is 0 Å². The first-order chi connectivity index (χ1) is 14.9. The van der Waals surface area contributed by atoms with Crippen LogP contribution in [0, 0.1) is 0 Å². The van der Waals surface area contributed by atoms with Crippen molar-refractivity contribution in [2.24, 2.45) is 17.2 Å². The number of rotatable bonds is 16. The predicted molar refractivity (Wildman–Crippen MR) is 152 cm³/mol. The molecule has 0 amide bonds. The number of nitrogens with one attached hydrogen (secondary N) is 1. The van der Waals surface area contributed by atoms with Crippen molar-refractivity contribution in [2.45, 2.75) is 162 Å². The minimum Gasteiger partial charge on any atom is -0.326 e. The summed E-state index contributed by atoms with van der Waals surface area (Å²) in [6.07, 6.45) is 3.89. The lowest BCUT2D eigenvalue weighted by atomic mass is 9.83. The van der Waals surface area contributed by atoms with Crippen LogP contribution < -0.4 is 22.5 Å². The molecule has 206 valence electrons. The molecule has 0 heterocycles. The van der Waals surface area contributed by atoms with Gasteiger partial charge in [0.1, 0.15) is 0 Å². The molecular weight excluding hydrogens is 420 g/mol. The van der Waals surface area contributed by atoms with Crippen molar-refractivity contribution in [1.29, 1.82) is 0 Å². The molecule has 0 fully saturated rings. The number of hydrogen-bond acceptors (Lipinski definition) is 6. The summed E-state index contributed by atoms with van der Waals surface area (Å²) in [4.78, 5) is 5.32. The molecule has 6 heteroatoms. The van der Waals surface area contributed by atoms with Crippen LogP contribution >= 0.6 is 0 Å². The Morgan fingerprint density at radius 3 is 1.29 bits per heavy atom. The maximum atomic E-state index is 6.48. The Hall–Kier alpha value is -0.240. The van der Waals surface area contributed by atoms with E-state index in [1.54, 1.807) is 0 Å². The second kappa shape index (κ2) is 12.3. The van der Waals surface area contributed by atoms with Crippen LogP contribution in [0.1, 0.15) is 116 Å². The third-order valence-electron chi connectivity index (χ3n) is 7.06. The highest BCUT2D eigenvalue weighted by atomic mass is 15.3. The summed E-state index contributed by atoms with van der Waals surface area (Å²) in [6, 6.07) is 1.11. The van der Waals surface area contributed by atoms with Crippen molar-refractivity contribution in [3.63, 3.8) is 0 Å². The zero-order valence-electron chi connectivity index (χ0n) is 25.6. The van der Waals surface area contributed by atoms with Gasteiger partial charge in [0.15, 0.2) is 0 Å². The molecular formula is C28H64N6. The first kappa shape index (κ1) is 33.8. The van der Waals surface area contributed by atoms with Crippen LogP contribution in [-0.4, -0.2) is 75.8 Å². The SMILES string of the molecule is CNC(C)(C)CC(C)(C)N(CCN(C(C)CC(C)(C)N)C(C)CC(C)(C)N)C(C)CC(C)(C)N. The Labute approximate surface area is 214 Å². The Morgan fingerprint density at radius 1 is 0.618 bits per heavy atom. The summed E-state index contributed by atoms with van der Waals surface area (Å²) in [5.74, 6) is 0. The van der Waals surface area contributed by atoms with E-state index in [0.29, 0.717) is 18.1 Å². The monoisotopic (exact) mass is 485 g/mol. The smallest absolute Gasteiger partial charge is 0.0173 e. The van der Waals surface area contributed by atoms with E-state index in [-0.39, 0.29) is 27.7 Å². The molecule has 0 aliphatic heterocycles. The number of hydrogen-bond donors (Lipinski definition) is 4. The molecule has 6 nitrogen and oxygen atoms in total. The van der Waals surface area contributed by atoms with Crippen molar-refractivity contribution in [3.05, 3.63) is 0 Å². The molecule has 0 spiro atoms. The molecule has 3 atom stereocenters. The Balaban J connectivity index is 5.98. The molecule has 0 aromatic heterocycles. The quantitative estimate of drug-likeness (QED) is 0.261. The van der Waals surface area contributed by atoms with Gasteiger partial charge in [0, 0.05) is 58.9 Å². The van der Waals surface area contributed by atoms with Gasteiger partial charge in [-0.05, 0) is 123 Å². The summed E-state index contributed by atoms with van der Waals surface area (Å²) in [5.41, 5.74) is 18.8. The van der Waals surface area contributed by atoms with Gasteiger partial charge in [-0.1, -0.05) is 0 Å². The van der Waals surface area contributed by atoms with Gasteiger partial charge < -0.3 is 22.5 Å². The van der Waals surface area contributed by atoms with Gasteiger partial charge in [-0.15, -0.1) is 0 Å². The highest BCUT2D eigenvalue weighted by Gasteiger charge is 2.37. The summed E-state index contributed by atoms with van der Waals surface area (Å²) >= 11 is 0. The summed E-state index contributed by atoms with van der Waals surface area (Å²) in [7, 11) is 2.06. The van der Waals surface area contributed by atoms with Crippen molar-refractivity contribution >= 4 is 0 Å². The van der Waals surface area contributed by atoms with E-state index in [9.17, 15) is 0 Å². The normalized spacial score (nSPS) is 17.4. The van der Waals surface area contributed by atoms with E-state index >= 15 is 0 Å². The van der Waals surface area contributed by atoms with Crippen LogP contribution in [0.4, 0.5) is 0 Å². The molecule has 0 bridgehead atoms. The molecule has 0 aromatic carbocycles. The van der Waals surface area contributed by atoms with Gasteiger partial charge in [0.2, 0.25) is 0 Å². The average molecular weight is 485 g/mol. The molecule has 0 rings (SSSR count). The zero-order valence-corrected chi connectivity index (χ0v) is 25.6. The van der Waals surface area contributed by atoms with Gasteiger partial charge >= 0.3 is 0 Å². The second-order valence-electron chi connectivity index (χ2n) is 14.7. The van der Waals surface area contributed by atoms with Crippen LogP contribution in [0.3, 0.4) is 0 Å². The van der Waals surface area contributed by atoms with E-state index in [0.717, 1.165) is 38.8 Å². The predicted octanol–water partition coefficient (Wildman–Crippen LogP) is 4.30. The van der Waals surface area contributed by atoms with Gasteiger partial charge in [-0.2, -0.15) is 0 Å². The lowest BCUT2D eigenvalue weighted by molar-refractivity contribution is 0.0164. The molecule has 7 N–H and O–H groups in total. The third kappa shape index (κ3) is 13.7. The fourth-order valence-corrected chi connectivity index (χ4v) is 6.12. The van der Waals surface area contributed by atoms with E-state index < -0.39 is 0 Å². The Kier molecular flexibility index (Phi) is 12.2. The first-order valence-electron chi connectivity index (χ1n) is 13.5. The lowest BCUT2D eigenvalue weighted by Gasteiger charge is -2.49. The van der Waals surface area contributed by atoms with Gasteiger partial charge in [-0.3, -0.25) is 9.80 Å². The summed E-state index contributed by atoms with van der Waals surface area (Å²) in [6.45, 7) is 31.0. The van der Waals surface area contributed by atoms with E-state index in [4.69, 9.17) is 17.2 Å². The number of nitrogens with two attached hydrogens (primary N) is 3. The van der Waals surface area contributed by atoms with Crippen LogP contribution in [0.2, 0.25) is 0 Å². The summed E-state index contributed by atoms with van der Waals surface area (Å²) < 4.78 is 0. The standard InChI is InChI=1S/C28H64N6/c1-21(17-24(4,5)29)33(22(2)18-25(6,7)30)15-16-34(23(3)19-26(8,9)31)28(12,13)20-27(10,11)32-14/h21-23,32H,15-20,29-31H2,1-14H3. The minimum atomic E-state index is -0.209. The number of nitrogens with zero attached hydrogens (tertiary/aromatic N) is 2. The van der Waals surface area contributed by atoms with Crippen molar-refractivity contribution in [3.8, 4) is 0 Å². The van der Waals surface area contributed by atoms with E-state index in [1.165, 1.54) is 0 Å². The molecule has 0 aromatic rings. The highest BCUT2D eigenvalue weighted by molar-refractivity contribution is 4.96. The maximum Gasteiger partial charge on any atom is 0.0173 e. The first-order valence-corrected chi connectivity index (χ1v) is 13.5. The van der Waals surface area contributed by atoms with Crippen molar-refractivity contribution < 1.29 is 0 Å². The van der Waals surface area contributed by atoms with Gasteiger partial charge in [-0.25, -0.2) is 0 Å². The Bertz CT molecular complexity index is 557. The van der Waals surface area contributed by atoms with Crippen molar-refractivity contribution in [1.82, 2.24) is 15.1 Å². The fraction of sp³-hybridized carbons (Fsp3) is 1.00. The fourth-order valence-electron chi connectivity index (χ4n) is 6.12. The van der Waals surface area contributed by atoms with Crippen LogP contribution in [-0.2, 0) is 0 Å². The van der Waals surface area contributed by atoms with E-state index in [2.05, 4.69) is 112 Å². The van der Waals surface area contributed by atoms with Crippen LogP contribution in [0.5, 0.6) is 0 Å². The summed E-state index contributed by atoms with van der Waals surface area (Å²) in [5, 5.41) is 3.50. The largest absolute Gasteiger partial charge is 0.326 e. The molecule has 34 heavy (non-hydrogen) atoms.